The number of allylic oxidation sites excluding steroid dienone is 2. The van der Waals surface area contributed by atoms with Crippen molar-refractivity contribution >= 4 is 35.2 Å². The predicted molar refractivity (Wildman–Crippen MR) is 95.8 cm³/mol. The van der Waals surface area contributed by atoms with Crippen molar-refractivity contribution in [2.75, 3.05) is 6.61 Å². The van der Waals surface area contributed by atoms with Crippen molar-refractivity contribution in [1.29, 1.82) is 0 Å². The molecule has 2 aliphatic carbocycles. The smallest absolute Gasteiger partial charge is 0.329 e. The summed E-state index contributed by atoms with van der Waals surface area (Å²) in [4.78, 5) is 50.9. The molecule has 3 aliphatic rings. The van der Waals surface area contributed by atoms with Gasteiger partial charge in [-0.1, -0.05) is 23.8 Å². The molecular formula is C20H18ClNO5. The van der Waals surface area contributed by atoms with Crippen LogP contribution >= 0.6 is 11.6 Å². The Morgan fingerprint density at radius 2 is 1.67 bits per heavy atom. The van der Waals surface area contributed by atoms with E-state index in [0.29, 0.717) is 10.6 Å². The minimum Gasteiger partial charge on any atom is -0.456 e. The zero-order valence-electron chi connectivity index (χ0n) is 14.6. The van der Waals surface area contributed by atoms with Crippen molar-refractivity contribution < 1.29 is 23.9 Å². The first-order valence-corrected chi connectivity index (χ1v) is 9.27. The molecule has 7 heteroatoms. The van der Waals surface area contributed by atoms with Crippen LogP contribution in [0.2, 0.25) is 5.02 Å². The first-order chi connectivity index (χ1) is 12.9. The third kappa shape index (κ3) is 2.88. The van der Waals surface area contributed by atoms with Crippen LogP contribution in [-0.2, 0) is 19.1 Å². The number of likely N-dealkylation sites (tertiary alicyclic amines) is 1. The van der Waals surface area contributed by atoms with E-state index in [2.05, 4.69) is 0 Å². The van der Waals surface area contributed by atoms with Crippen LogP contribution in [0.3, 0.4) is 0 Å². The number of carbonyl (C=O) groups excluding carboxylic acids is 4. The zero-order chi connectivity index (χ0) is 19.3. The van der Waals surface area contributed by atoms with Gasteiger partial charge in [0.25, 0.3) is 0 Å². The first-order valence-electron chi connectivity index (χ1n) is 8.89. The summed E-state index contributed by atoms with van der Waals surface area (Å²) in [5, 5.41) is 0.497. The van der Waals surface area contributed by atoms with Crippen LogP contribution in [0, 0.1) is 23.7 Å². The number of hydrogen-bond acceptors (Lipinski definition) is 5. The lowest BCUT2D eigenvalue weighted by Crippen LogP contribution is -2.45. The Morgan fingerprint density at radius 3 is 2.22 bits per heavy atom. The Labute approximate surface area is 161 Å². The topological polar surface area (TPSA) is 80.8 Å². The average molecular weight is 388 g/mol. The molecule has 1 saturated carbocycles. The van der Waals surface area contributed by atoms with E-state index in [9.17, 15) is 19.2 Å². The highest BCUT2D eigenvalue weighted by Crippen LogP contribution is 2.52. The molecule has 2 amide bonds. The standard InChI is InChI=1S/C20H18ClNO5/c1-10(20(26)27-9-15(23)11-4-6-14(21)7-5-11)22-18(24)16-12-2-3-13(8-12)17(16)19(22)25/h2-7,10,12-13,16-17H,8-9H2,1H3. The van der Waals surface area contributed by atoms with Crippen LogP contribution in [0.5, 0.6) is 0 Å². The normalized spacial score (nSPS) is 29.2. The molecule has 0 spiro atoms. The summed E-state index contributed by atoms with van der Waals surface area (Å²) in [6, 6.07) is 5.18. The molecule has 5 unspecified atom stereocenters. The molecule has 2 fully saturated rings. The second-order valence-corrected chi connectivity index (χ2v) is 7.70. The highest BCUT2D eigenvalue weighted by Gasteiger charge is 2.60. The molecule has 140 valence electrons. The van der Waals surface area contributed by atoms with E-state index in [-0.39, 0.29) is 41.3 Å². The van der Waals surface area contributed by atoms with E-state index >= 15 is 0 Å². The number of ketones is 1. The van der Waals surface area contributed by atoms with Gasteiger partial charge in [-0.3, -0.25) is 19.3 Å². The van der Waals surface area contributed by atoms with E-state index < -0.39 is 18.6 Å². The summed E-state index contributed by atoms with van der Waals surface area (Å²) < 4.78 is 5.07. The first kappa shape index (κ1) is 17.9. The van der Waals surface area contributed by atoms with Crippen molar-refractivity contribution in [3.8, 4) is 0 Å². The van der Waals surface area contributed by atoms with Gasteiger partial charge in [0, 0.05) is 10.6 Å². The van der Waals surface area contributed by atoms with Crippen molar-refractivity contribution in [3.63, 3.8) is 0 Å². The number of halogens is 1. The largest absolute Gasteiger partial charge is 0.456 e. The van der Waals surface area contributed by atoms with Gasteiger partial charge in [0.05, 0.1) is 11.8 Å². The number of ether oxygens (including phenoxy) is 1. The highest BCUT2D eigenvalue weighted by atomic mass is 35.5. The van der Waals surface area contributed by atoms with Crippen molar-refractivity contribution in [1.82, 2.24) is 4.90 Å². The van der Waals surface area contributed by atoms with Crippen LogP contribution in [0.4, 0.5) is 0 Å². The van der Waals surface area contributed by atoms with Crippen LogP contribution in [0.25, 0.3) is 0 Å². The number of hydrogen-bond donors (Lipinski definition) is 0. The van der Waals surface area contributed by atoms with Crippen LogP contribution < -0.4 is 0 Å². The highest BCUT2D eigenvalue weighted by molar-refractivity contribution is 6.30. The summed E-state index contributed by atoms with van der Waals surface area (Å²) in [6.45, 7) is 1.00. The van der Waals surface area contributed by atoms with Gasteiger partial charge in [-0.2, -0.15) is 0 Å². The van der Waals surface area contributed by atoms with Crippen molar-refractivity contribution in [2.45, 2.75) is 19.4 Å². The van der Waals surface area contributed by atoms with E-state index in [4.69, 9.17) is 16.3 Å². The zero-order valence-corrected chi connectivity index (χ0v) is 15.4. The van der Waals surface area contributed by atoms with Gasteiger partial charge < -0.3 is 4.74 Å². The van der Waals surface area contributed by atoms with Gasteiger partial charge in [0.15, 0.2) is 12.4 Å². The molecule has 6 nitrogen and oxygen atoms in total. The van der Waals surface area contributed by atoms with E-state index in [1.54, 1.807) is 24.3 Å². The Morgan fingerprint density at radius 1 is 1.11 bits per heavy atom. The van der Waals surface area contributed by atoms with Crippen molar-refractivity contribution in [2.24, 2.45) is 23.7 Å². The molecule has 0 N–H and O–H groups in total. The fourth-order valence-corrected chi connectivity index (χ4v) is 4.51. The quantitative estimate of drug-likeness (QED) is 0.335. The van der Waals surface area contributed by atoms with Gasteiger partial charge in [-0.15, -0.1) is 0 Å². The second-order valence-electron chi connectivity index (χ2n) is 7.26. The lowest BCUT2D eigenvalue weighted by molar-refractivity contribution is -0.157. The Bertz CT molecular complexity index is 832. The molecular weight excluding hydrogens is 370 g/mol. The summed E-state index contributed by atoms with van der Waals surface area (Å²) in [6.07, 6.45) is 4.82. The van der Waals surface area contributed by atoms with Gasteiger partial charge >= 0.3 is 5.97 Å². The molecule has 5 atom stereocenters. The molecule has 1 aromatic carbocycles. The number of carbonyl (C=O) groups is 4. The summed E-state index contributed by atoms with van der Waals surface area (Å²) in [7, 11) is 0. The lowest BCUT2D eigenvalue weighted by atomic mass is 9.85. The summed E-state index contributed by atoms with van der Waals surface area (Å²) >= 11 is 5.78. The van der Waals surface area contributed by atoms with Crippen LogP contribution in [0.15, 0.2) is 36.4 Å². The van der Waals surface area contributed by atoms with E-state index in [0.717, 1.165) is 11.3 Å². The van der Waals surface area contributed by atoms with Crippen LogP contribution in [0.1, 0.15) is 23.7 Å². The minimum atomic E-state index is -1.05. The molecule has 0 radical (unpaired) electrons. The van der Waals surface area contributed by atoms with Crippen LogP contribution in [-0.4, -0.2) is 41.1 Å². The SMILES string of the molecule is CC(C(=O)OCC(=O)c1ccc(Cl)cc1)N1C(=O)C2C3C=CC(C3)C2C1=O. The summed E-state index contributed by atoms with van der Waals surface area (Å²) in [5.41, 5.74) is 0.366. The molecule has 1 heterocycles. The van der Waals surface area contributed by atoms with E-state index in [1.165, 1.54) is 6.92 Å². The van der Waals surface area contributed by atoms with Crippen molar-refractivity contribution in [3.05, 3.63) is 47.0 Å². The maximum absolute atomic E-state index is 12.7. The number of nitrogens with zero attached hydrogens (tertiary/aromatic N) is 1. The molecule has 27 heavy (non-hydrogen) atoms. The Balaban J connectivity index is 1.39. The Hall–Kier alpha value is -2.47. The number of fused-ring (bicyclic) bond motifs is 5. The number of rotatable bonds is 5. The number of Topliss-reactive ketones (excluding diaryl/α,β-unsaturated/α-hetero) is 1. The monoisotopic (exact) mass is 387 g/mol. The number of benzene rings is 1. The molecule has 0 aromatic heterocycles. The molecule has 1 aliphatic heterocycles. The van der Waals surface area contributed by atoms with Gasteiger partial charge in [0.1, 0.15) is 6.04 Å². The third-order valence-electron chi connectivity index (χ3n) is 5.74. The van der Waals surface area contributed by atoms with Gasteiger partial charge in [-0.05, 0) is 49.4 Å². The fourth-order valence-electron chi connectivity index (χ4n) is 4.39. The lowest BCUT2D eigenvalue weighted by Gasteiger charge is -2.23. The molecule has 4 rings (SSSR count). The van der Waals surface area contributed by atoms with Gasteiger partial charge in [0.2, 0.25) is 11.8 Å². The fraction of sp³-hybridized carbons (Fsp3) is 0.400. The third-order valence-corrected chi connectivity index (χ3v) is 6.00. The maximum atomic E-state index is 12.7. The average Bonchev–Trinajstić information content (AvgIpc) is 3.33. The number of amides is 2. The van der Waals surface area contributed by atoms with Gasteiger partial charge in [-0.25, -0.2) is 4.79 Å². The molecule has 1 saturated heterocycles. The summed E-state index contributed by atoms with van der Waals surface area (Å²) in [5.74, 6) is -2.33. The number of esters is 1. The number of imide groups is 1. The Kier molecular flexibility index (Phi) is 4.38. The molecule has 2 bridgehead atoms. The minimum absolute atomic E-state index is 0.0798. The second kappa shape index (κ2) is 6.60. The maximum Gasteiger partial charge on any atom is 0.329 e. The van der Waals surface area contributed by atoms with E-state index in [1.807, 2.05) is 12.2 Å². The predicted octanol–water partition coefficient (Wildman–Crippen LogP) is 2.26. The molecule has 1 aromatic rings.